The number of fused-ring (bicyclic) bond motifs is 1. The molecule has 0 radical (unpaired) electrons. The summed E-state index contributed by atoms with van der Waals surface area (Å²) in [4.78, 5) is 8.09. The van der Waals surface area contributed by atoms with Gasteiger partial charge in [-0.25, -0.2) is 4.98 Å². The molecule has 16 heavy (non-hydrogen) atoms. The van der Waals surface area contributed by atoms with E-state index >= 15 is 0 Å². The maximum Gasteiger partial charge on any atom is 0.124 e. The van der Waals surface area contributed by atoms with Gasteiger partial charge >= 0.3 is 0 Å². The number of rotatable bonds is 1. The van der Waals surface area contributed by atoms with Crippen molar-refractivity contribution in [1.29, 1.82) is 0 Å². The summed E-state index contributed by atoms with van der Waals surface area (Å²) >= 11 is 3.57. The predicted octanol–water partition coefficient (Wildman–Crippen LogP) is 3.06. The summed E-state index contributed by atoms with van der Waals surface area (Å²) in [6.45, 7) is 3.19. The van der Waals surface area contributed by atoms with Gasteiger partial charge in [-0.15, -0.1) is 0 Å². The van der Waals surface area contributed by atoms with Crippen LogP contribution in [-0.2, 0) is 0 Å². The second-order valence-corrected chi connectivity index (χ2v) is 5.27. The quantitative estimate of drug-likeness (QED) is 0.843. The molecule has 1 unspecified atom stereocenters. The zero-order chi connectivity index (χ0) is 11.1. The number of nitrogens with one attached hydrogen (secondary N) is 2. The van der Waals surface area contributed by atoms with E-state index < -0.39 is 0 Å². The third kappa shape index (κ3) is 1.66. The van der Waals surface area contributed by atoms with Crippen LogP contribution in [-0.4, -0.2) is 16.5 Å². The van der Waals surface area contributed by atoms with Gasteiger partial charge < -0.3 is 10.3 Å². The van der Waals surface area contributed by atoms with Crippen LogP contribution >= 0.6 is 15.9 Å². The minimum absolute atomic E-state index is 0.402. The van der Waals surface area contributed by atoms with Gasteiger partial charge in [0.1, 0.15) is 11.3 Å². The molecule has 0 amide bonds. The molecule has 3 rings (SSSR count). The molecule has 0 aliphatic carbocycles. The third-order valence-corrected chi connectivity index (χ3v) is 3.70. The van der Waals surface area contributed by atoms with Crippen LogP contribution in [0.2, 0.25) is 0 Å². The predicted molar refractivity (Wildman–Crippen MR) is 68.5 cm³/mol. The first-order chi connectivity index (χ1) is 7.74. The Morgan fingerprint density at radius 2 is 2.31 bits per heavy atom. The third-order valence-electron chi connectivity index (χ3n) is 3.09. The molecule has 2 heterocycles. The summed E-state index contributed by atoms with van der Waals surface area (Å²) in [5, 5.41) is 3.46. The molecule has 1 aromatic carbocycles. The number of halogens is 1. The molecule has 4 heteroatoms. The van der Waals surface area contributed by atoms with Gasteiger partial charge in [0.25, 0.3) is 0 Å². The molecule has 3 nitrogen and oxygen atoms in total. The SMILES string of the molecule is Cc1cc(Br)c2nc(C3CCCN3)[nH]c2c1. The van der Waals surface area contributed by atoms with Crippen molar-refractivity contribution in [2.24, 2.45) is 0 Å². The standard InChI is InChI=1S/C12H14BrN3/c1-7-5-8(13)11-10(6-7)15-12(16-11)9-3-2-4-14-9/h5-6,9,14H,2-4H2,1H3,(H,15,16). The van der Waals surface area contributed by atoms with Crippen LogP contribution in [0.25, 0.3) is 11.0 Å². The van der Waals surface area contributed by atoms with Crippen LogP contribution in [0.5, 0.6) is 0 Å². The maximum absolute atomic E-state index is 4.67. The lowest BCUT2D eigenvalue weighted by Gasteiger charge is -2.04. The van der Waals surface area contributed by atoms with Gasteiger partial charge in [0.05, 0.1) is 11.6 Å². The molecule has 1 aliphatic heterocycles. The maximum atomic E-state index is 4.67. The highest BCUT2D eigenvalue weighted by atomic mass is 79.9. The van der Waals surface area contributed by atoms with E-state index in [0.29, 0.717) is 6.04 Å². The molecule has 1 aliphatic rings. The van der Waals surface area contributed by atoms with Crippen LogP contribution < -0.4 is 5.32 Å². The lowest BCUT2D eigenvalue weighted by atomic mass is 10.2. The molecule has 2 aromatic rings. The zero-order valence-electron chi connectivity index (χ0n) is 9.18. The zero-order valence-corrected chi connectivity index (χ0v) is 10.8. The Labute approximate surface area is 103 Å². The fourth-order valence-electron chi connectivity index (χ4n) is 2.31. The van der Waals surface area contributed by atoms with E-state index in [2.05, 4.69) is 50.3 Å². The molecule has 1 atom stereocenters. The van der Waals surface area contributed by atoms with E-state index in [0.717, 1.165) is 27.9 Å². The van der Waals surface area contributed by atoms with E-state index in [1.807, 2.05) is 0 Å². The summed E-state index contributed by atoms with van der Waals surface area (Å²) in [5.41, 5.74) is 3.40. The Balaban J connectivity index is 2.11. The number of imidazole rings is 1. The van der Waals surface area contributed by atoms with E-state index in [9.17, 15) is 0 Å². The Hall–Kier alpha value is -0.870. The Morgan fingerprint density at radius 3 is 3.06 bits per heavy atom. The number of hydrogen-bond acceptors (Lipinski definition) is 2. The molecule has 2 N–H and O–H groups in total. The number of benzene rings is 1. The lowest BCUT2D eigenvalue weighted by molar-refractivity contribution is 0.614. The van der Waals surface area contributed by atoms with Gasteiger partial charge in [0, 0.05) is 4.47 Å². The van der Waals surface area contributed by atoms with Crippen molar-refractivity contribution in [2.45, 2.75) is 25.8 Å². The van der Waals surface area contributed by atoms with Crippen LogP contribution in [0.15, 0.2) is 16.6 Å². The molecule has 84 valence electrons. The van der Waals surface area contributed by atoms with Gasteiger partial charge in [-0.2, -0.15) is 0 Å². The van der Waals surface area contributed by atoms with Gasteiger partial charge in [-0.05, 0) is 59.9 Å². The van der Waals surface area contributed by atoms with Gasteiger partial charge in [-0.1, -0.05) is 0 Å². The first-order valence-electron chi connectivity index (χ1n) is 5.63. The minimum Gasteiger partial charge on any atom is -0.341 e. The molecular weight excluding hydrogens is 266 g/mol. The molecule has 0 bridgehead atoms. The monoisotopic (exact) mass is 279 g/mol. The van der Waals surface area contributed by atoms with Gasteiger partial charge in [0.2, 0.25) is 0 Å². The number of nitrogens with zero attached hydrogens (tertiary/aromatic N) is 1. The number of aromatic amines is 1. The Bertz CT molecular complexity index is 526. The topological polar surface area (TPSA) is 40.7 Å². The van der Waals surface area contributed by atoms with Crippen LogP contribution in [0, 0.1) is 6.92 Å². The Kier molecular flexibility index (Phi) is 2.48. The second kappa shape index (κ2) is 3.86. The summed E-state index contributed by atoms with van der Waals surface area (Å²) < 4.78 is 1.07. The van der Waals surface area contributed by atoms with Crippen molar-refractivity contribution in [3.8, 4) is 0 Å². The molecule has 1 aromatic heterocycles. The van der Waals surface area contributed by atoms with Crippen molar-refractivity contribution in [2.75, 3.05) is 6.54 Å². The molecule has 0 saturated carbocycles. The lowest BCUT2D eigenvalue weighted by Crippen LogP contribution is -2.13. The number of H-pyrrole nitrogens is 1. The van der Waals surface area contributed by atoms with Crippen LogP contribution in [0.4, 0.5) is 0 Å². The smallest absolute Gasteiger partial charge is 0.124 e. The molecule has 0 spiro atoms. The largest absolute Gasteiger partial charge is 0.341 e. The Morgan fingerprint density at radius 1 is 1.44 bits per heavy atom. The number of aryl methyl sites for hydroxylation is 1. The van der Waals surface area contributed by atoms with E-state index in [1.165, 1.54) is 18.4 Å². The summed E-state index contributed by atoms with van der Waals surface area (Å²) in [7, 11) is 0. The van der Waals surface area contributed by atoms with Crippen molar-refractivity contribution >= 4 is 27.0 Å². The van der Waals surface area contributed by atoms with E-state index in [1.54, 1.807) is 0 Å². The first-order valence-corrected chi connectivity index (χ1v) is 6.42. The molecule has 1 fully saturated rings. The average molecular weight is 280 g/mol. The first kappa shape index (κ1) is 10.3. The van der Waals surface area contributed by atoms with Crippen molar-refractivity contribution < 1.29 is 0 Å². The number of hydrogen-bond donors (Lipinski definition) is 2. The van der Waals surface area contributed by atoms with Crippen molar-refractivity contribution in [1.82, 2.24) is 15.3 Å². The highest BCUT2D eigenvalue weighted by molar-refractivity contribution is 9.10. The minimum atomic E-state index is 0.402. The number of aromatic nitrogens is 2. The van der Waals surface area contributed by atoms with E-state index in [4.69, 9.17) is 0 Å². The van der Waals surface area contributed by atoms with Crippen LogP contribution in [0.1, 0.15) is 30.3 Å². The van der Waals surface area contributed by atoms with Crippen molar-refractivity contribution in [3.05, 3.63) is 28.0 Å². The summed E-state index contributed by atoms with van der Waals surface area (Å²) in [6, 6.07) is 4.65. The highest BCUT2D eigenvalue weighted by Crippen LogP contribution is 2.28. The fourth-order valence-corrected chi connectivity index (χ4v) is 2.98. The second-order valence-electron chi connectivity index (χ2n) is 4.41. The van der Waals surface area contributed by atoms with Gasteiger partial charge in [0.15, 0.2) is 0 Å². The summed E-state index contributed by atoms with van der Waals surface area (Å²) in [5.74, 6) is 1.07. The van der Waals surface area contributed by atoms with Crippen LogP contribution in [0.3, 0.4) is 0 Å². The molecule has 1 saturated heterocycles. The average Bonchev–Trinajstić information content (AvgIpc) is 2.82. The molecular formula is C12H14BrN3. The normalized spacial score (nSPS) is 20.8. The summed E-state index contributed by atoms with van der Waals surface area (Å²) in [6.07, 6.45) is 2.42. The van der Waals surface area contributed by atoms with E-state index in [-0.39, 0.29) is 0 Å². The van der Waals surface area contributed by atoms with Crippen molar-refractivity contribution in [3.63, 3.8) is 0 Å². The highest BCUT2D eigenvalue weighted by Gasteiger charge is 2.20. The van der Waals surface area contributed by atoms with Gasteiger partial charge in [-0.3, -0.25) is 0 Å². The fraction of sp³-hybridized carbons (Fsp3) is 0.417.